The van der Waals surface area contributed by atoms with Gasteiger partial charge in [0.05, 0.1) is 0 Å². The Hall–Kier alpha value is -2.44. The van der Waals surface area contributed by atoms with Gasteiger partial charge in [-0.25, -0.2) is 13.1 Å². The van der Waals surface area contributed by atoms with Crippen molar-refractivity contribution in [2.24, 2.45) is 0 Å². The maximum atomic E-state index is 11.9. The second-order valence-corrected chi connectivity index (χ2v) is 7.40. The van der Waals surface area contributed by atoms with Gasteiger partial charge in [-0.3, -0.25) is 4.79 Å². The number of amides is 1. The zero-order valence-electron chi connectivity index (χ0n) is 14.3. The van der Waals surface area contributed by atoms with E-state index in [9.17, 15) is 13.2 Å². The highest BCUT2D eigenvalue weighted by Crippen LogP contribution is 2.14. The van der Waals surface area contributed by atoms with Gasteiger partial charge in [0.2, 0.25) is 15.9 Å². The van der Waals surface area contributed by atoms with E-state index in [2.05, 4.69) is 10.0 Å². The largest absolute Gasteiger partial charge is 0.326 e. The summed E-state index contributed by atoms with van der Waals surface area (Å²) in [5, 5.41) is 3.86. The van der Waals surface area contributed by atoms with Crippen molar-refractivity contribution in [3.8, 4) is 0 Å². The minimum atomic E-state index is -3.57. The van der Waals surface area contributed by atoms with Crippen molar-refractivity contribution in [3.63, 3.8) is 0 Å². The van der Waals surface area contributed by atoms with E-state index >= 15 is 0 Å². The molecule has 25 heavy (non-hydrogen) atoms. The van der Waals surface area contributed by atoms with Crippen molar-refractivity contribution in [2.75, 3.05) is 11.9 Å². The van der Waals surface area contributed by atoms with Crippen LogP contribution in [-0.4, -0.2) is 20.9 Å². The number of benzene rings is 2. The topological polar surface area (TPSA) is 75.3 Å². The van der Waals surface area contributed by atoms with Crippen molar-refractivity contribution in [1.82, 2.24) is 4.72 Å². The molecule has 5 nitrogen and oxygen atoms in total. The molecule has 0 radical (unpaired) electrons. The summed E-state index contributed by atoms with van der Waals surface area (Å²) < 4.78 is 26.2. The fourth-order valence-corrected chi connectivity index (χ4v) is 2.95. The van der Waals surface area contributed by atoms with Gasteiger partial charge < -0.3 is 5.32 Å². The fourth-order valence-electron chi connectivity index (χ4n) is 2.13. The Kier molecular flexibility index (Phi) is 6.50. The molecule has 0 bridgehead atoms. The second kappa shape index (κ2) is 8.60. The Morgan fingerprint density at radius 3 is 2.44 bits per heavy atom. The van der Waals surface area contributed by atoms with Crippen LogP contribution in [0.15, 0.2) is 53.9 Å². The van der Waals surface area contributed by atoms with Crippen molar-refractivity contribution >= 4 is 27.7 Å². The molecule has 0 saturated heterocycles. The quantitative estimate of drug-likeness (QED) is 0.798. The van der Waals surface area contributed by atoms with Gasteiger partial charge in [0.1, 0.15) is 0 Å². The number of sulfonamides is 1. The summed E-state index contributed by atoms with van der Waals surface area (Å²) in [4.78, 5) is 11.9. The molecular formula is C19H22N2O3S. The number of aryl methyl sites for hydroxylation is 2. The highest BCUT2D eigenvalue weighted by molar-refractivity contribution is 7.92. The molecule has 0 fully saturated rings. The van der Waals surface area contributed by atoms with Crippen molar-refractivity contribution in [2.45, 2.75) is 20.3 Å². The Labute approximate surface area is 148 Å². The summed E-state index contributed by atoms with van der Waals surface area (Å²) in [6.07, 6.45) is 1.57. The number of rotatable bonds is 7. The number of carbonyl (C=O) groups excluding carboxylic acids is 1. The first-order valence-electron chi connectivity index (χ1n) is 7.96. The first-order chi connectivity index (χ1) is 11.9. The molecule has 1 amide bonds. The molecule has 0 aliphatic heterocycles. The third-order valence-electron chi connectivity index (χ3n) is 3.69. The van der Waals surface area contributed by atoms with Gasteiger partial charge in [-0.1, -0.05) is 36.4 Å². The molecular weight excluding hydrogens is 336 g/mol. The molecule has 6 heteroatoms. The summed E-state index contributed by atoms with van der Waals surface area (Å²) in [6.45, 7) is 4.01. The molecule has 0 unspecified atom stereocenters. The van der Waals surface area contributed by atoms with E-state index in [0.29, 0.717) is 5.69 Å². The zero-order chi connectivity index (χ0) is 18.3. The summed E-state index contributed by atoms with van der Waals surface area (Å²) in [7, 11) is -3.57. The predicted octanol–water partition coefficient (Wildman–Crippen LogP) is 3.22. The summed E-state index contributed by atoms with van der Waals surface area (Å²) in [6, 6.07) is 14.8. The van der Waals surface area contributed by atoms with E-state index in [1.165, 1.54) is 6.08 Å². The Morgan fingerprint density at radius 2 is 1.76 bits per heavy atom. The average molecular weight is 358 g/mol. The molecule has 0 heterocycles. The molecule has 2 aromatic rings. The number of hydrogen-bond donors (Lipinski definition) is 2. The minimum Gasteiger partial charge on any atom is -0.326 e. The highest BCUT2D eigenvalue weighted by atomic mass is 32.2. The van der Waals surface area contributed by atoms with Gasteiger partial charge in [0, 0.05) is 24.1 Å². The molecule has 0 aliphatic carbocycles. The first-order valence-corrected chi connectivity index (χ1v) is 9.50. The molecule has 0 saturated carbocycles. The summed E-state index contributed by atoms with van der Waals surface area (Å²) >= 11 is 0. The third kappa shape index (κ3) is 6.52. The van der Waals surface area contributed by atoms with Gasteiger partial charge in [0.25, 0.3) is 0 Å². The summed E-state index contributed by atoms with van der Waals surface area (Å²) in [5.74, 6) is -0.238. The SMILES string of the molecule is Cc1ccc(NC(=O)CCNS(=O)(=O)/C=C/c2ccccc2)cc1C. The van der Waals surface area contributed by atoms with Crippen LogP contribution in [0.2, 0.25) is 0 Å². The van der Waals surface area contributed by atoms with E-state index < -0.39 is 10.0 Å². The van der Waals surface area contributed by atoms with Gasteiger partial charge in [0.15, 0.2) is 0 Å². The van der Waals surface area contributed by atoms with Crippen LogP contribution in [0.25, 0.3) is 6.08 Å². The van der Waals surface area contributed by atoms with Crippen LogP contribution in [0.4, 0.5) is 5.69 Å². The van der Waals surface area contributed by atoms with Crippen molar-refractivity contribution in [3.05, 3.63) is 70.6 Å². The molecule has 132 valence electrons. The smallest absolute Gasteiger partial charge is 0.233 e. The zero-order valence-corrected chi connectivity index (χ0v) is 15.1. The van der Waals surface area contributed by atoms with E-state index in [4.69, 9.17) is 0 Å². The lowest BCUT2D eigenvalue weighted by Gasteiger charge is -2.08. The summed E-state index contributed by atoms with van der Waals surface area (Å²) in [5.41, 5.74) is 3.74. The Morgan fingerprint density at radius 1 is 1.04 bits per heavy atom. The van der Waals surface area contributed by atoms with Gasteiger partial charge in [-0.15, -0.1) is 0 Å². The van der Waals surface area contributed by atoms with Crippen molar-refractivity contribution < 1.29 is 13.2 Å². The maximum absolute atomic E-state index is 11.9. The van der Waals surface area contributed by atoms with Gasteiger partial charge >= 0.3 is 0 Å². The van der Waals surface area contributed by atoms with Crippen LogP contribution >= 0.6 is 0 Å². The predicted molar refractivity (Wildman–Crippen MR) is 102 cm³/mol. The molecule has 0 aromatic heterocycles. The van der Waals surface area contributed by atoms with E-state index in [0.717, 1.165) is 22.1 Å². The van der Waals surface area contributed by atoms with Crippen LogP contribution in [0.5, 0.6) is 0 Å². The Balaban J connectivity index is 1.81. The Bertz CT molecular complexity index is 859. The van der Waals surface area contributed by atoms with Crippen LogP contribution in [0.1, 0.15) is 23.1 Å². The molecule has 0 aliphatic rings. The minimum absolute atomic E-state index is 0.0398. The first kappa shape index (κ1) is 18.9. The van der Waals surface area contributed by atoms with E-state index in [1.54, 1.807) is 0 Å². The van der Waals surface area contributed by atoms with E-state index in [1.807, 2.05) is 62.4 Å². The van der Waals surface area contributed by atoms with E-state index in [-0.39, 0.29) is 18.9 Å². The van der Waals surface area contributed by atoms with Gasteiger partial charge in [-0.05, 0) is 48.7 Å². The molecule has 0 spiro atoms. The lowest BCUT2D eigenvalue weighted by atomic mass is 10.1. The standard InChI is InChI=1S/C19H22N2O3S/c1-15-8-9-18(14-16(15)2)21-19(22)10-12-20-25(23,24)13-11-17-6-4-3-5-7-17/h3-9,11,13-14,20H,10,12H2,1-2H3,(H,21,22)/b13-11+. The van der Waals surface area contributed by atoms with Crippen LogP contribution in [0, 0.1) is 13.8 Å². The highest BCUT2D eigenvalue weighted by Gasteiger charge is 2.08. The normalized spacial score (nSPS) is 11.6. The van der Waals surface area contributed by atoms with Crippen LogP contribution in [0.3, 0.4) is 0 Å². The molecule has 2 aromatic carbocycles. The maximum Gasteiger partial charge on any atom is 0.233 e. The monoisotopic (exact) mass is 358 g/mol. The number of carbonyl (C=O) groups is 1. The van der Waals surface area contributed by atoms with Crippen molar-refractivity contribution in [1.29, 1.82) is 0 Å². The third-order valence-corrected chi connectivity index (χ3v) is 4.79. The average Bonchev–Trinajstić information content (AvgIpc) is 2.57. The number of nitrogens with one attached hydrogen (secondary N) is 2. The van der Waals surface area contributed by atoms with Crippen LogP contribution in [-0.2, 0) is 14.8 Å². The molecule has 2 rings (SSSR count). The number of anilines is 1. The number of hydrogen-bond acceptors (Lipinski definition) is 3. The van der Waals surface area contributed by atoms with Crippen LogP contribution < -0.4 is 10.0 Å². The lowest BCUT2D eigenvalue weighted by Crippen LogP contribution is -2.26. The lowest BCUT2D eigenvalue weighted by molar-refractivity contribution is -0.116. The molecule has 2 N–H and O–H groups in total. The molecule has 0 atom stereocenters. The second-order valence-electron chi connectivity index (χ2n) is 5.75. The van der Waals surface area contributed by atoms with Gasteiger partial charge in [-0.2, -0.15) is 0 Å². The fraction of sp³-hybridized carbons (Fsp3) is 0.211.